The van der Waals surface area contributed by atoms with Gasteiger partial charge >= 0.3 is 11.9 Å². The highest BCUT2D eigenvalue weighted by Gasteiger charge is 2.44. The van der Waals surface area contributed by atoms with Crippen LogP contribution in [0, 0.1) is 34.5 Å². The van der Waals surface area contributed by atoms with Gasteiger partial charge in [0.15, 0.2) is 11.6 Å². The van der Waals surface area contributed by atoms with E-state index in [1.165, 1.54) is 0 Å². The number of cyclic esters (lactones) is 2. The summed E-state index contributed by atoms with van der Waals surface area (Å²) in [5.41, 5.74) is 2.51. The smallest absolute Gasteiger partial charge is 0.309 e. The lowest BCUT2D eigenvalue weighted by Gasteiger charge is -2.43. The molecule has 0 aromatic heterocycles. The molecular formula is C30H36O6. The number of ether oxygens (including phenoxy) is 2. The maximum atomic E-state index is 13.2. The number of ketones is 2. The van der Waals surface area contributed by atoms with Gasteiger partial charge in [0.1, 0.15) is 13.2 Å². The fourth-order valence-corrected chi connectivity index (χ4v) is 6.89. The summed E-state index contributed by atoms with van der Waals surface area (Å²) in [5.74, 6) is -1.55. The Morgan fingerprint density at radius 3 is 1.47 bits per heavy atom. The first kappa shape index (κ1) is 24.9. The molecule has 2 saturated carbocycles. The molecule has 5 aliphatic rings. The van der Waals surface area contributed by atoms with Crippen molar-refractivity contribution in [3.05, 3.63) is 46.6 Å². The first-order valence-electron chi connectivity index (χ1n) is 13.3. The molecule has 1 aliphatic heterocycles. The first-order valence-corrected chi connectivity index (χ1v) is 13.3. The van der Waals surface area contributed by atoms with Crippen LogP contribution in [0.3, 0.4) is 0 Å². The number of hydrogen-bond donors (Lipinski definition) is 0. The second kappa shape index (κ2) is 8.97. The molecule has 6 nitrogen and oxygen atoms in total. The normalized spacial score (nSPS) is 39.2. The molecule has 2 fully saturated rings. The first-order chi connectivity index (χ1) is 17.0. The quantitative estimate of drug-likeness (QED) is 0.450. The van der Waals surface area contributed by atoms with Gasteiger partial charge in [-0.05, 0) is 73.7 Å². The van der Waals surface area contributed by atoms with Crippen LogP contribution >= 0.6 is 0 Å². The minimum Gasteiger partial charge on any atom is -0.460 e. The average molecular weight is 493 g/mol. The summed E-state index contributed by atoms with van der Waals surface area (Å²) in [6, 6.07) is 0. The van der Waals surface area contributed by atoms with Crippen molar-refractivity contribution in [2.45, 2.75) is 66.2 Å². The third-order valence-electron chi connectivity index (χ3n) is 9.78. The van der Waals surface area contributed by atoms with Crippen LogP contribution in [0.15, 0.2) is 46.6 Å². The Morgan fingerprint density at radius 2 is 1.08 bits per heavy atom. The van der Waals surface area contributed by atoms with Crippen molar-refractivity contribution in [1.29, 1.82) is 0 Å². The Bertz CT molecular complexity index is 1060. The van der Waals surface area contributed by atoms with Crippen LogP contribution in [0.5, 0.6) is 0 Å². The summed E-state index contributed by atoms with van der Waals surface area (Å²) >= 11 is 0. The van der Waals surface area contributed by atoms with Gasteiger partial charge in [-0.2, -0.15) is 0 Å². The fraction of sp³-hybridized carbons (Fsp3) is 0.600. The molecule has 36 heavy (non-hydrogen) atoms. The Morgan fingerprint density at radius 1 is 0.694 bits per heavy atom. The standard InChI is InChI=1S/C30H36O6/c1-17-19-5-9-29(3)11-7-26(32)22(23(29)13-19)16-36-28(34)18(2)20-6-10-30(4)12-8-25(31)21(24(30)14-20)15-35-27(17)33/h7-8,11-12,17-20H,5-6,9-10,13-16H2,1-4H3/t17-,18-,19-,20-,29-,30-/m1/s1. The predicted molar refractivity (Wildman–Crippen MR) is 133 cm³/mol. The van der Waals surface area contributed by atoms with Gasteiger partial charge in [0, 0.05) is 22.0 Å². The Kier molecular flexibility index (Phi) is 6.20. The molecule has 0 amide bonds. The summed E-state index contributed by atoms with van der Waals surface area (Å²) in [7, 11) is 0. The molecule has 0 saturated heterocycles. The molecule has 0 aromatic rings. The zero-order valence-corrected chi connectivity index (χ0v) is 21.7. The van der Waals surface area contributed by atoms with Crippen molar-refractivity contribution in [2.24, 2.45) is 34.5 Å². The van der Waals surface area contributed by atoms with E-state index in [1.807, 2.05) is 26.0 Å². The van der Waals surface area contributed by atoms with E-state index in [2.05, 4.69) is 13.8 Å². The van der Waals surface area contributed by atoms with E-state index >= 15 is 0 Å². The van der Waals surface area contributed by atoms with Crippen molar-refractivity contribution >= 4 is 23.5 Å². The van der Waals surface area contributed by atoms with Gasteiger partial charge in [-0.25, -0.2) is 0 Å². The topological polar surface area (TPSA) is 86.7 Å². The third-order valence-corrected chi connectivity index (χ3v) is 9.78. The van der Waals surface area contributed by atoms with E-state index in [0.29, 0.717) is 24.0 Å². The third kappa shape index (κ3) is 4.12. The van der Waals surface area contributed by atoms with Crippen LogP contribution in [-0.4, -0.2) is 36.7 Å². The van der Waals surface area contributed by atoms with E-state index in [0.717, 1.165) is 36.8 Å². The number of allylic oxidation sites excluding steroid dienone is 6. The summed E-state index contributed by atoms with van der Waals surface area (Å²) < 4.78 is 11.6. The molecule has 0 radical (unpaired) electrons. The van der Waals surface area contributed by atoms with Gasteiger partial charge in [-0.1, -0.05) is 39.8 Å². The van der Waals surface area contributed by atoms with Crippen molar-refractivity contribution in [3.63, 3.8) is 0 Å². The van der Waals surface area contributed by atoms with Crippen LogP contribution in [0.1, 0.15) is 66.2 Å². The maximum absolute atomic E-state index is 13.2. The number of hydrogen-bond acceptors (Lipinski definition) is 6. The molecule has 0 aromatic carbocycles. The SMILES string of the molecule is C[C@H]1C(=O)OCC2=C3C[C@@H](CC[C@]3(C)C=CC2=O)[C@@H](C)C(=O)OCC2=C3C[C@H]1CC[C@]3(C)C=CC2=O. The minimum absolute atomic E-state index is 0.0151. The Hall–Kier alpha value is -2.76. The van der Waals surface area contributed by atoms with E-state index in [9.17, 15) is 19.2 Å². The average Bonchev–Trinajstić information content (AvgIpc) is 2.86. The molecule has 0 N–H and O–H groups in total. The Balaban J connectivity index is 1.52. The van der Waals surface area contributed by atoms with Crippen molar-refractivity contribution in [3.8, 4) is 0 Å². The zero-order chi connectivity index (χ0) is 25.8. The van der Waals surface area contributed by atoms with Gasteiger partial charge in [0.25, 0.3) is 0 Å². The second-order valence-electron chi connectivity index (χ2n) is 11.9. The molecule has 0 unspecified atom stereocenters. The molecule has 0 spiro atoms. The van der Waals surface area contributed by atoms with E-state index < -0.39 is 0 Å². The van der Waals surface area contributed by atoms with Gasteiger partial charge < -0.3 is 9.47 Å². The summed E-state index contributed by atoms with van der Waals surface area (Å²) in [6.45, 7) is 7.90. The fourth-order valence-electron chi connectivity index (χ4n) is 6.89. The highest BCUT2D eigenvalue weighted by atomic mass is 16.5. The lowest BCUT2D eigenvalue weighted by atomic mass is 9.62. The number of carbonyl (C=O) groups excluding carboxylic acids is 4. The monoisotopic (exact) mass is 492 g/mol. The molecule has 6 atom stereocenters. The van der Waals surface area contributed by atoms with Gasteiger partial charge in [-0.15, -0.1) is 0 Å². The highest BCUT2D eigenvalue weighted by Crippen LogP contribution is 2.51. The number of rotatable bonds is 0. The summed E-state index contributed by atoms with van der Waals surface area (Å²) in [4.78, 5) is 52.1. The van der Waals surface area contributed by atoms with Crippen LogP contribution < -0.4 is 0 Å². The van der Waals surface area contributed by atoms with Gasteiger partial charge in [-0.3, -0.25) is 19.2 Å². The maximum Gasteiger partial charge on any atom is 0.309 e. The molecule has 192 valence electrons. The molecular weight excluding hydrogens is 456 g/mol. The van der Waals surface area contributed by atoms with E-state index in [-0.39, 0.29) is 71.2 Å². The zero-order valence-electron chi connectivity index (χ0n) is 21.7. The number of fused-ring (bicyclic) bond motifs is 2. The van der Waals surface area contributed by atoms with Gasteiger partial charge in [0.2, 0.25) is 0 Å². The summed E-state index contributed by atoms with van der Waals surface area (Å²) in [6.07, 6.45) is 11.6. The molecule has 4 bridgehead atoms. The van der Waals surface area contributed by atoms with Crippen molar-refractivity contribution in [1.82, 2.24) is 0 Å². The van der Waals surface area contributed by atoms with Crippen LogP contribution in [-0.2, 0) is 28.7 Å². The molecule has 1 heterocycles. The Labute approximate surface area is 212 Å². The molecule has 4 aliphatic carbocycles. The molecule has 6 heteroatoms. The van der Waals surface area contributed by atoms with E-state index in [1.54, 1.807) is 12.2 Å². The lowest BCUT2D eigenvalue weighted by Crippen LogP contribution is -2.38. The number of esters is 2. The van der Waals surface area contributed by atoms with Crippen LogP contribution in [0.25, 0.3) is 0 Å². The second-order valence-corrected chi connectivity index (χ2v) is 11.9. The lowest BCUT2D eigenvalue weighted by molar-refractivity contribution is -0.149. The minimum atomic E-state index is -0.370. The largest absolute Gasteiger partial charge is 0.460 e. The van der Waals surface area contributed by atoms with Crippen molar-refractivity contribution in [2.75, 3.05) is 13.2 Å². The highest BCUT2D eigenvalue weighted by molar-refractivity contribution is 6.07. The van der Waals surface area contributed by atoms with Crippen LogP contribution in [0.4, 0.5) is 0 Å². The van der Waals surface area contributed by atoms with E-state index in [4.69, 9.17) is 9.47 Å². The molecule has 5 rings (SSSR count). The van der Waals surface area contributed by atoms with Crippen LogP contribution in [0.2, 0.25) is 0 Å². The predicted octanol–water partition coefficient (Wildman–Crippen LogP) is 4.84. The van der Waals surface area contributed by atoms with Crippen molar-refractivity contribution < 1.29 is 28.7 Å². The summed E-state index contributed by atoms with van der Waals surface area (Å²) in [5, 5.41) is 0. The number of carbonyl (C=O) groups is 4. The van der Waals surface area contributed by atoms with Gasteiger partial charge in [0.05, 0.1) is 11.8 Å².